The number of amidine groups is 1. The van der Waals surface area contributed by atoms with Crippen LogP contribution in [0.3, 0.4) is 0 Å². The van der Waals surface area contributed by atoms with Gasteiger partial charge in [0.05, 0.1) is 4.91 Å². The van der Waals surface area contributed by atoms with E-state index in [9.17, 15) is 4.79 Å². The average Bonchev–Trinajstić information content (AvgIpc) is 2.76. The highest BCUT2D eigenvalue weighted by Gasteiger charge is 2.31. The maximum Gasteiger partial charge on any atom is 0.266 e. The Labute approximate surface area is 124 Å². The van der Waals surface area contributed by atoms with Crippen molar-refractivity contribution in [2.75, 3.05) is 13.1 Å². The van der Waals surface area contributed by atoms with E-state index in [0.29, 0.717) is 13.1 Å². The van der Waals surface area contributed by atoms with Crippen LogP contribution in [0.1, 0.15) is 31.9 Å². The predicted molar refractivity (Wildman–Crippen MR) is 86.8 cm³/mol. The van der Waals surface area contributed by atoms with Crippen LogP contribution in [0.15, 0.2) is 34.2 Å². The van der Waals surface area contributed by atoms with Crippen LogP contribution in [0.2, 0.25) is 0 Å². The fourth-order valence-electron chi connectivity index (χ4n) is 2.04. The molecule has 1 aliphatic rings. The summed E-state index contributed by atoms with van der Waals surface area (Å²) in [6.07, 6.45) is 2.98. The SMILES string of the molecule is CCN=C1SC(=Cc2ccc(CC)cc2)C(=O)N1CC. The van der Waals surface area contributed by atoms with Crippen molar-refractivity contribution in [3.8, 4) is 0 Å². The zero-order chi connectivity index (χ0) is 14.5. The van der Waals surface area contributed by atoms with Gasteiger partial charge in [-0.1, -0.05) is 31.2 Å². The van der Waals surface area contributed by atoms with E-state index in [0.717, 1.165) is 22.1 Å². The third-order valence-corrected chi connectivity index (χ3v) is 4.23. The van der Waals surface area contributed by atoms with E-state index in [1.54, 1.807) is 4.90 Å². The van der Waals surface area contributed by atoms with Crippen LogP contribution in [-0.2, 0) is 11.2 Å². The highest BCUT2D eigenvalue weighted by atomic mass is 32.2. The maximum atomic E-state index is 12.3. The molecule has 0 saturated carbocycles. The summed E-state index contributed by atoms with van der Waals surface area (Å²) in [7, 11) is 0. The Hall–Kier alpha value is -1.55. The van der Waals surface area contributed by atoms with Gasteiger partial charge in [0.2, 0.25) is 0 Å². The van der Waals surface area contributed by atoms with Gasteiger partial charge in [0.25, 0.3) is 5.91 Å². The first-order chi connectivity index (χ1) is 9.69. The lowest BCUT2D eigenvalue weighted by molar-refractivity contribution is -0.122. The lowest BCUT2D eigenvalue weighted by Gasteiger charge is -2.11. The summed E-state index contributed by atoms with van der Waals surface area (Å²) >= 11 is 1.47. The van der Waals surface area contributed by atoms with E-state index in [-0.39, 0.29) is 5.91 Å². The van der Waals surface area contributed by atoms with Gasteiger partial charge in [-0.15, -0.1) is 0 Å². The molecule has 0 bridgehead atoms. The molecule has 1 heterocycles. The van der Waals surface area contributed by atoms with Gasteiger partial charge in [-0.3, -0.25) is 14.7 Å². The molecule has 1 saturated heterocycles. The standard InChI is InChI=1S/C16H20N2OS/c1-4-12-7-9-13(10-8-12)11-14-15(19)18(6-3)16(20-14)17-5-2/h7-11H,4-6H2,1-3H3. The first-order valence-electron chi connectivity index (χ1n) is 7.04. The first-order valence-corrected chi connectivity index (χ1v) is 7.86. The van der Waals surface area contributed by atoms with Gasteiger partial charge in [-0.25, -0.2) is 0 Å². The Morgan fingerprint density at radius 2 is 1.90 bits per heavy atom. The van der Waals surface area contributed by atoms with E-state index in [1.807, 2.05) is 19.9 Å². The first kappa shape index (κ1) is 14.9. The number of nitrogens with zero attached hydrogens (tertiary/aromatic N) is 2. The fraction of sp³-hybridized carbons (Fsp3) is 0.375. The molecule has 20 heavy (non-hydrogen) atoms. The van der Waals surface area contributed by atoms with Crippen LogP contribution in [-0.4, -0.2) is 29.1 Å². The normalized spacial score (nSPS) is 19.4. The van der Waals surface area contributed by atoms with Crippen molar-refractivity contribution in [3.63, 3.8) is 0 Å². The summed E-state index contributed by atoms with van der Waals surface area (Å²) in [5, 5.41) is 0.816. The maximum absolute atomic E-state index is 12.3. The summed E-state index contributed by atoms with van der Waals surface area (Å²) in [6, 6.07) is 8.33. The molecule has 0 unspecified atom stereocenters. The lowest BCUT2D eigenvalue weighted by Crippen LogP contribution is -2.28. The molecule has 2 rings (SSSR count). The van der Waals surface area contributed by atoms with Crippen molar-refractivity contribution in [3.05, 3.63) is 40.3 Å². The van der Waals surface area contributed by atoms with E-state index >= 15 is 0 Å². The van der Waals surface area contributed by atoms with E-state index in [2.05, 4.69) is 36.2 Å². The second-order valence-corrected chi connectivity index (χ2v) is 5.52. The second-order valence-electron chi connectivity index (χ2n) is 4.51. The molecule has 4 heteroatoms. The van der Waals surface area contributed by atoms with Gasteiger partial charge in [0, 0.05) is 13.1 Å². The molecule has 3 nitrogen and oxygen atoms in total. The smallest absolute Gasteiger partial charge is 0.266 e. The Balaban J connectivity index is 2.25. The monoisotopic (exact) mass is 288 g/mol. The Bertz CT molecular complexity index is 546. The molecule has 0 spiro atoms. The van der Waals surface area contributed by atoms with E-state index in [1.165, 1.54) is 17.3 Å². The molecule has 0 N–H and O–H groups in total. The number of benzene rings is 1. The zero-order valence-electron chi connectivity index (χ0n) is 12.2. The van der Waals surface area contributed by atoms with Crippen LogP contribution >= 0.6 is 11.8 Å². The van der Waals surface area contributed by atoms with Crippen molar-refractivity contribution in [1.29, 1.82) is 0 Å². The lowest BCUT2D eigenvalue weighted by atomic mass is 10.1. The van der Waals surface area contributed by atoms with Gasteiger partial charge < -0.3 is 0 Å². The average molecular weight is 288 g/mol. The Kier molecular flexibility index (Phi) is 5.01. The number of hydrogen-bond donors (Lipinski definition) is 0. The highest BCUT2D eigenvalue weighted by molar-refractivity contribution is 8.18. The molecule has 0 radical (unpaired) electrons. The Morgan fingerprint density at radius 3 is 2.45 bits per heavy atom. The van der Waals surface area contributed by atoms with Crippen LogP contribution in [0.25, 0.3) is 6.08 Å². The van der Waals surface area contributed by atoms with Gasteiger partial charge in [0.1, 0.15) is 0 Å². The molecule has 0 aromatic heterocycles. The van der Waals surface area contributed by atoms with Gasteiger partial charge in [-0.05, 0) is 49.2 Å². The minimum Gasteiger partial charge on any atom is -0.287 e. The molecule has 1 aromatic carbocycles. The van der Waals surface area contributed by atoms with Gasteiger partial charge >= 0.3 is 0 Å². The third kappa shape index (κ3) is 3.12. The topological polar surface area (TPSA) is 32.7 Å². The molecular weight excluding hydrogens is 268 g/mol. The second kappa shape index (κ2) is 6.75. The van der Waals surface area contributed by atoms with Crippen LogP contribution < -0.4 is 0 Å². The molecule has 1 aromatic rings. The number of thioether (sulfide) groups is 1. The summed E-state index contributed by atoms with van der Waals surface area (Å²) < 4.78 is 0. The van der Waals surface area contributed by atoms with E-state index < -0.39 is 0 Å². The van der Waals surface area contributed by atoms with Gasteiger partial charge in [0.15, 0.2) is 5.17 Å². The third-order valence-electron chi connectivity index (χ3n) is 3.18. The number of hydrogen-bond acceptors (Lipinski definition) is 3. The summed E-state index contributed by atoms with van der Waals surface area (Å²) in [6.45, 7) is 7.46. The summed E-state index contributed by atoms with van der Waals surface area (Å²) in [5.74, 6) is 0.0595. The summed E-state index contributed by atoms with van der Waals surface area (Å²) in [5.41, 5.74) is 2.37. The predicted octanol–water partition coefficient (Wildman–Crippen LogP) is 3.56. The minimum absolute atomic E-state index is 0.0595. The Morgan fingerprint density at radius 1 is 1.20 bits per heavy atom. The zero-order valence-corrected chi connectivity index (χ0v) is 13.0. The number of carbonyl (C=O) groups excluding carboxylic acids is 1. The molecular formula is C16H20N2OS. The van der Waals surface area contributed by atoms with Crippen molar-refractivity contribution < 1.29 is 4.79 Å². The molecule has 106 valence electrons. The number of aliphatic imine (C=N–C) groups is 1. The van der Waals surface area contributed by atoms with Crippen molar-refractivity contribution in [1.82, 2.24) is 4.90 Å². The largest absolute Gasteiger partial charge is 0.287 e. The number of aryl methyl sites for hydroxylation is 1. The summed E-state index contributed by atoms with van der Waals surface area (Å²) in [4.78, 5) is 19.2. The molecule has 1 fully saturated rings. The molecule has 0 aliphatic carbocycles. The number of likely N-dealkylation sites (N-methyl/N-ethyl adjacent to an activating group) is 1. The number of carbonyl (C=O) groups is 1. The number of rotatable bonds is 4. The van der Waals surface area contributed by atoms with Crippen molar-refractivity contribution in [2.24, 2.45) is 4.99 Å². The quantitative estimate of drug-likeness (QED) is 0.794. The van der Waals surface area contributed by atoms with Crippen LogP contribution in [0.5, 0.6) is 0 Å². The van der Waals surface area contributed by atoms with Crippen LogP contribution in [0.4, 0.5) is 0 Å². The van der Waals surface area contributed by atoms with Crippen LogP contribution in [0, 0.1) is 0 Å². The molecule has 1 amide bonds. The minimum atomic E-state index is 0.0595. The highest BCUT2D eigenvalue weighted by Crippen LogP contribution is 2.32. The van der Waals surface area contributed by atoms with E-state index in [4.69, 9.17) is 0 Å². The molecule has 1 aliphatic heterocycles. The number of amides is 1. The van der Waals surface area contributed by atoms with Crippen molar-refractivity contribution in [2.45, 2.75) is 27.2 Å². The van der Waals surface area contributed by atoms with Gasteiger partial charge in [-0.2, -0.15) is 0 Å². The fourth-order valence-corrected chi connectivity index (χ4v) is 3.15. The molecule has 0 atom stereocenters. The van der Waals surface area contributed by atoms with Crippen molar-refractivity contribution >= 4 is 28.9 Å².